The molecule has 0 aromatic rings. The number of hydrogen-bond acceptors (Lipinski definition) is 2. The van der Waals surface area contributed by atoms with E-state index >= 15 is 0 Å². The van der Waals surface area contributed by atoms with Crippen LogP contribution in [0, 0.1) is 0 Å². The average molecular weight is 186 g/mol. The predicted octanol–water partition coefficient (Wildman–Crippen LogP) is 0.385. The summed E-state index contributed by atoms with van der Waals surface area (Å²) in [6, 6.07) is 0. The zero-order valence-electron chi connectivity index (χ0n) is 4.94. The Morgan fingerprint density at radius 2 is 2.00 bits per heavy atom. The summed E-state index contributed by atoms with van der Waals surface area (Å²) in [6.45, 7) is 0. The van der Waals surface area contributed by atoms with Crippen LogP contribution in [0.1, 0.15) is 0 Å². The fourth-order valence-corrected chi connectivity index (χ4v) is 1.44. The molecule has 2 radical (unpaired) electrons. The molecule has 0 rings (SSSR count). The van der Waals surface area contributed by atoms with Crippen molar-refractivity contribution in [3.63, 3.8) is 0 Å². The lowest BCUT2D eigenvalue weighted by Crippen LogP contribution is -2.23. The maximum atomic E-state index is 5.46. The van der Waals surface area contributed by atoms with Crippen LogP contribution < -0.4 is 5.73 Å². The molecule has 0 spiro atoms. The van der Waals surface area contributed by atoms with E-state index in [2.05, 4.69) is 0 Å². The zero-order valence-corrected chi connectivity index (χ0v) is 7.45. The minimum absolute atomic E-state index is 0.0322. The minimum atomic E-state index is -0.0322. The molecule has 0 aromatic carbocycles. The highest BCUT2D eigenvalue weighted by Crippen LogP contribution is 1.95. The molecule has 0 saturated heterocycles. The van der Waals surface area contributed by atoms with Crippen molar-refractivity contribution in [3.05, 3.63) is 0 Å². The van der Waals surface area contributed by atoms with Gasteiger partial charge in [0.15, 0.2) is 0 Å². The van der Waals surface area contributed by atoms with Crippen LogP contribution >= 0.6 is 23.2 Å². The molecule has 0 amide bonds. The standard InChI is InChI=1S/C4H9Cl2NOSi/c5-1-4(2-6)8-9-3-7/h4H,1-3,7H2. The van der Waals surface area contributed by atoms with E-state index < -0.39 is 0 Å². The van der Waals surface area contributed by atoms with Crippen LogP contribution in [-0.2, 0) is 4.43 Å². The van der Waals surface area contributed by atoms with Gasteiger partial charge in [-0.15, -0.1) is 23.2 Å². The smallest absolute Gasteiger partial charge is 0.245 e. The fourth-order valence-electron chi connectivity index (χ4n) is 0.270. The van der Waals surface area contributed by atoms with E-state index in [-0.39, 0.29) is 6.10 Å². The first kappa shape index (κ1) is 9.72. The summed E-state index contributed by atoms with van der Waals surface area (Å²) in [5.41, 5.74) is 5.19. The van der Waals surface area contributed by atoms with Crippen molar-refractivity contribution in [3.8, 4) is 0 Å². The summed E-state index contributed by atoms with van der Waals surface area (Å²) in [7, 11) is 0.318. The van der Waals surface area contributed by atoms with Crippen molar-refractivity contribution in [1.29, 1.82) is 0 Å². The van der Waals surface area contributed by atoms with Crippen LogP contribution in [-0.4, -0.2) is 33.8 Å². The van der Waals surface area contributed by atoms with Gasteiger partial charge < -0.3 is 10.2 Å². The third kappa shape index (κ3) is 5.18. The Kier molecular flexibility index (Phi) is 7.38. The molecule has 0 unspecified atom stereocenters. The maximum absolute atomic E-state index is 5.46. The highest BCUT2D eigenvalue weighted by molar-refractivity contribution is 6.28. The molecule has 0 atom stereocenters. The van der Waals surface area contributed by atoms with E-state index in [1.165, 1.54) is 0 Å². The van der Waals surface area contributed by atoms with Crippen LogP contribution in [0.5, 0.6) is 0 Å². The molecule has 0 saturated carbocycles. The molecule has 0 aliphatic heterocycles. The molecular formula is C4H9Cl2NOSi. The van der Waals surface area contributed by atoms with Crippen molar-refractivity contribution < 1.29 is 4.43 Å². The van der Waals surface area contributed by atoms with Gasteiger partial charge in [-0.25, -0.2) is 0 Å². The van der Waals surface area contributed by atoms with E-state index in [1.807, 2.05) is 0 Å². The van der Waals surface area contributed by atoms with Crippen molar-refractivity contribution in [2.24, 2.45) is 5.73 Å². The Morgan fingerprint density at radius 1 is 1.44 bits per heavy atom. The Bertz CT molecular complexity index is 62.5. The first-order chi connectivity index (χ1) is 4.35. The number of hydrogen-bond donors (Lipinski definition) is 1. The molecule has 9 heavy (non-hydrogen) atoms. The van der Waals surface area contributed by atoms with Gasteiger partial charge in [0.1, 0.15) is 0 Å². The second-order valence-electron chi connectivity index (χ2n) is 1.40. The van der Waals surface area contributed by atoms with Crippen molar-refractivity contribution in [2.45, 2.75) is 6.10 Å². The minimum Gasteiger partial charge on any atom is -0.411 e. The molecule has 0 aliphatic carbocycles. The molecule has 0 aromatic heterocycles. The average Bonchev–Trinajstić information content (AvgIpc) is 1.91. The van der Waals surface area contributed by atoms with Crippen molar-refractivity contribution >= 4 is 33.0 Å². The number of halogens is 2. The van der Waals surface area contributed by atoms with Gasteiger partial charge in [0.05, 0.1) is 6.10 Å². The third-order valence-corrected chi connectivity index (χ3v) is 2.03. The first-order valence-electron chi connectivity index (χ1n) is 2.55. The lowest BCUT2D eigenvalue weighted by atomic mass is 10.5. The normalized spacial score (nSPS) is 10.7. The Labute approximate surface area is 67.6 Å². The van der Waals surface area contributed by atoms with Gasteiger partial charge >= 0.3 is 0 Å². The maximum Gasteiger partial charge on any atom is 0.245 e. The van der Waals surface area contributed by atoms with Crippen molar-refractivity contribution in [2.75, 3.05) is 17.9 Å². The second kappa shape index (κ2) is 6.83. The van der Waals surface area contributed by atoms with E-state index in [0.29, 0.717) is 27.7 Å². The summed E-state index contributed by atoms with van der Waals surface area (Å²) < 4.78 is 5.13. The van der Waals surface area contributed by atoms with Gasteiger partial charge in [-0.3, -0.25) is 0 Å². The fraction of sp³-hybridized carbons (Fsp3) is 1.00. The lowest BCUT2D eigenvalue weighted by molar-refractivity contribution is 0.262. The highest BCUT2D eigenvalue weighted by atomic mass is 35.5. The summed E-state index contributed by atoms with van der Waals surface area (Å²) >= 11 is 10.9. The summed E-state index contributed by atoms with van der Waals surface area (Å²) in [5, 5.41) is 0. The van der Waals surface area contributed by atoms with Gasteiger partial charge in [-0.05, 0) is 0 Å². The van der Waals surface area contributed by atoms with E-state index in [9.17, 15) is 0 Å². The van der Waals surface area contributed by atoms with Gasteiger partial charge in [0.25, 0.3) is 0 Å². The molecule has 2 N–H and O–H groups in total. The predicted molar refractivity (Wildman–Crippen MR) is 41.1 cm³/mol. The molecule has 54 valence electrons. The molecule has 0 aliphatic rings. The Hall–Kier alpha value is 0.717. The zero-order chi connectivity index (χ0) is 7.11. The van der Waals surface area contributed by atoms with Crippen LogP contribution in [0.3, 0.4) is 0 Å². The largest absolute Gasteiger partial charge is 0.411 e. The third-order valence-electron chi connectivity index (χ3n) is 0.678. The van der Waals surface area contributed by atoms with Gasteiger partial charge in [0.2, 0.25) is 9.76 Å². The van der Waals surface area contributed by atoms with Gasteiger partial charge in [-0.1, -0.05) is 0 Å². The SMILES string of the molecule is NC[Si]OC(CCl)CCl. The van der Waals surface area contributed by atoms with Gasteiger partial charge in [-0.2, -0.15) is 0 Å². The molecule has 0 fully saturated rings. The van der Waals surface area contributed by atoms with Crippen LogP contribution in [0.2, 0.25) is 0 Å². The highest BCUT2D eigenvalue weighted by Gasteiger charge is 2.03. The lowest BCUT2D eigenvalue weighted by Gasteiger charge is -2.09. The Balaban J connectivity index is 3.09. The molecule has 2 nitrogen and oxygen atoms in total. The summed E-state index contributed by atoms with van der Waals surface area (Å²) in [5.74, 6) is 0.882. The molecule has 5 heteroatoms. The van der Waals surface area contributed by atoms with Gasteiger partial charge in [0, 0.05) is 17.9 Å². The summed E-state index contributed by atoms with van der Waals surface area (Å²) in [6.07, 6.45) is 0.514. The second-order valence-corrected chi connectivity index (χ2v) is 2.95. The van der Waals surface area contributed by atoms with Crippen LogP contribution in [0.4, 0.5) is 0 Å². The monoisotopic (exact) mass is 185 g/mol. The first-order valence-corrected chi connectivity index (χ1v) is 4.74. The number of rotatable bonds is 5. The molecular weight excluding hydrogens is 177 g/mol. The number of alkyl halides is 2. The molecule has 0 bridgehead atoms. The Morgan fingerprint density at radius 3 is 2.33 bits per heavy atom. The van der Waals surface area contributed by atoms with Crippen LogP contribution in [0.25, 0.3) is 0 Å². The summed E-state index contributed by atoms with van der Waals surface area (Å²) in [4.78, 5) is 0. The van der Waals surface area contributed by atoms with Crippen molar-refractivity contribution in [1.82, 2.24) is 0 Å². The van der Waals surface area contributed by atoms with Crippen LogP contribution in [0.15, 0.2) is 0 Å². The topological polar surface area (TPSA) is 35.2 Å². The molecule has 0 heterocycles. The van der Waals surface area contributed by atoms with E-state index in [4.69, 9.17) is 33.4 Å². The van der Waals surface area contributed by atoms with E-state index in [0.717, 1.165) is 0 Å². The number of nitrogens with two attached hydrogens (primary N) is 1. The quantitative estimate of drug-likeness (QED) is 0.497. The van der Waals surface area contributed by atoms with E-state index in [1.54, 1.807) is 0 Å².